The van der Waals surface area contributed by atoms with Crippen molar-refractivity contribution in [3.05, 3.63) is 102 Å². The normalized spacial score (nSPS) is 11.8. The fourth-order valence-corrected chi connectivity index (χ4v) is 3.39. The standard InChI is InChI=1S/C26H24N2O2/c1-19(2)18-28-23-16-10-9-15-22(23)27-25(28)17-24(20-11-5-3-6-12-20)30-26(29)21-13-7-4-8-14-21/h3-17,19H,18H2,1-2H3/b24-17-. The highest BCUT2D eigenvalue weighted by molar-refractivity contribution is 5.95. The lowest BCUT2D eigenvalue weighted by Gasteiger charge is -2.12. The molecule has 0 aliphatic carbocycles. The molecule has 0 amide bonds. The lowest BCUT2D eigenvalue weighted by molar-refractivity contribution is 0.0693. The van der Waals surface area contributed by atoms with Crippen LogP contribution in [0.4, 0.5) is 0 Å². The van der Waals surface area contributed by atoms with E-state index in [2.05, 4.69) is 24.5 Å². The van der Waals surface area contributed by atoms with E-state index >= 15 is 0 Å². The van der Waals surface area contributed by atoms with Crippen LogP contribution in [0.25, 0.3) is 22.9 Å². The van der Waals surface area contributed by atoms with Crippen LogP contribution in [-0.2, 0) is 11.3 Å². The van der Waals surface area contributed by atoms with Gasteiger partial charge >= 0.3 is 5.97 Å². The molecule has 150 valence electrons. The molecule has 0 atom stereocenters. The molecule has 0 fully saturated rings. The summed E-state index contributed by atoms with van der Waals surface area (Å²) in [6.07, 6.45) is 1.86. The molecule has 4 nitrogen and oxygen atoms in total. The van der Waals surface area contributed by atoms with Crippen LogP contribution in [0.5, 0.6) is 0 Å². The monoisotopic (exact) mass is 396 g/mol. The minimum Gasteiger partial charge on any atom is -0.422 e. The van der Waals surface area contributed by atoms with Crippen LogP contribution in [0.2, 0.25) is 0 Å². The third-order valence-electron chi connectivity index (χ3n) is 4.76. The Kier molecular flexibility index (Phi) is 5.75. The van der Waals surface area contributed by atoms with Gasteiger partial charge in [-0.2, -0.15) is 0 Å². The third kappa shape index (κ3) is 4.33. The van der Waals surface area contributed by atoms with Crippen LogP contribution in [0.3, 0.4) is 0 Å². The van der Waals surface area contributed by atoms with Gasteiger partial charge in [-0.05, 0) is 30.2 Å². The Morgan fingerprint density at radius 3 is 2.17 bits per heavy atom. The number of carbonyl (C=O) groups is 1. The van der Waals surface area contributed by atoms with Gasteiger partial charge < -0.3 is 9.30 Å². The average molecular weight is 396 g/mol. The maximum absolute atomic E-state index is 12.8. The molecule has 0 aliphatic rings. The summed E-state index contributed by atoms with van der Waals surface area (Å²) in [6, 6.07) is 26.7. The molecule has 0 saturated heterocycles. The summed E-state index contributed by atoms with van der Waals surface area (Å²) in [5.74, 6) is 1.30. The summed E-state index contributed by atoms with van der Waals surface area (Å²) in [4.78, 5) is 17.6. The number of ether oxygens (including phenoxy) is 1. The molecule has 0 saturated carbocycles. The SMILES string of the molecule is CC(C)Cn1c(/C=C(\OC(=O)c2ccccc2)c2ccccc2)nc2ccccc21. The average Bonchev–Trinajstić information content (AvgIpc) is 3.11. The van der Waals surface area contributed by atoms with E-state index in [0.717, 1.165) is 29.0 Å². The van der Waals surface area contributed by atoms with Gasteiger partial charge in [0.1, 0.15) is 11.6 Å². The van der Waals surface area contributed by atoms with Crippen molar-refractivity contribution in [3.63, 3.8) is 0 Å². The Morgan fingerprint density at radius 2 is 1.50 bits per heavy atom. The maximum Gasteiger partial charge on any atom is 0.343 e. The van der Waals surface area contributed by atoms with Gasteiger partial charge in [0, 0.05) is 18.2 Å². The predicted molar refractivity (Wildman–Crippen MR) is 121 cm³/mol. The molecule has 3 aromatic carbocycles. The van der Waals surface area contributed by atoms with Gasteiger partial charge in [-0.15, -0.1) is 0 Å². The van der Waals surface area contributed by atoms with Crippen LogP contribution in [0.1, 0.15) is 35.6 Å². The Morgan fingerprint density at radius 1 is 0.900 bits per heavy atom. The van der Waals surface area contributed by atoms with E-state index < -0.39 is 5.97 Å². The smallest absolute Gasteiger partial charge is 0.343 e. The van der Waals surface area contributed by atoms with Crippen LogP contribution in [-0.4, -0.2) is 15.5 Å². The summed E-state index contributed by atoms with van der Waals surface area (Å²) in [5.41, 5.74) is 3.32. The minimum atomic E-state index is -0.391. The molecule has 0 bridgehead atoms. The number of esters is 1. The molecule has 0 unspecified atom stereocenters. The molecule has 4 rings (SSSR count). The van der Waals surface area contributed by atoms with Crippen LogP contribution in [0, 0.1) is 5.92 Å². The first-order chi connectivity index (χ1) is 14.6. The highest BCUT2D eigenvalue weighted by Crippen LogP contribution is 2.24. The number of benzene rings is 3. The third-order valence-corrected chi connectivity index (χ3v) is 4.76. The van der Waals surface area contributed by atoms with Crippen molar-refractivity contribution in [2.45, 2.75) is 20.4 Å². The van der Waals surface area contributed by atoms with Crippen molar-refractivity contribution >= 4 is 28.8 Å². The zero-order chi connectivity index (χ0) is 20.9. The quantitative estimate of drug-likeness (QED) is 0.294. The molecule has 4 heteroatoms. The van der Waals surface area contributed by atoms with Crippen LogP contribution in [0.15, 0.2) is 84.9 Å². The van der Waals surface area contributed by atoms with Gasteiger partial charge in [0.15, 0.2) is 0 Å². The van der Waals surface area contributed by atoms with E-state index in [1.807, 2.05) is 72.8 Å². The van der Waals surface area contributed by atoms with Crippen molar-refractivity contribution in [1.82, 2.24) is 9.55 Å². The van der Waals surface area contributed by atoms with Crippen molar-refractivity contribution < 1.29 is 9.53 Å². The number of aromatic nitrogens is 2. The van der Waals surface area contributed by atoms with Crippen molar-refractivity contribution in [3.8, 4) is 0 Å². The lowest BCUT2D eigenvalue weighted by Crippen LogP contribution is -2.08. The van der Waals surface area contributed by atoms with E-state index in [0.29, 0.717) is 17.2 Å². The van der Waals surface area contributed by atoms with E-state index in [9.17, 15) is 4.79 Å². The van der Waals surface area contributed by atoms with Gasteiger partial charge in [0.25, 0.3) is 0 Å². The largest absolute Gasteiger partial charge is 0.422 e. The highest BCUT2D eigenvalue weighted by Gasteiger charge is 2.15. The Labute approximate surface area is 176 Å². The van der Waals surface area contributed by atoms with Crippen molar-refractivity contribution in [2.75, 3.05) is 0 Å². The second kappa shape index (κ2) is 8.78. The van der Waals surface area contributed by atoms with Gasteiger partial charge in [-0.1, -0.05) is 74.5 Å². The molecule has 0 radical (unpaired) electrons. The van der Waals surface area contributed by atoms with E-state index in [1.54, 1.807) is 12.1 Å². The molecular formula is C26H24N2O2. The Bertz CT molecular complexity index is 1180. The summed E-state index contributed by atoms with van der Waals surface area (Å²) in [7, 11) is 0. The molecule has 0 N–H and O–H groups in total. The van der Waals surface area contributed by atoms with E-state index in [-0.39, 0.29) is 0 Å². The van der Waals surface area contributed by atoms with Crippen molar-refractivity contribution in [2.24, 2.45) is 5.92 Å². The van der Waals surface area contributed by atoms with E-state index in [4.69, 9.17) is 9.72 Å². The second-order valence-electron chi connectivity index (χ2n) is 7.59. The second-order valence-corrected chi connectivity index (χ2v) is 7.59. The summed E-state index contributed by atoms with van der Waals surface area (Å²) in [6.45, 7) is 5.17. The predicted octanol–water partition coefficient (Wildman–Crippen LogP) is 6.05. The summed E-state index contributed by atoms with van der Waals surface area (Å²) in [5, 5.41) is 0. The van der Waals surface area contributed by atoms with Crippen LogP contribution >= 0.6 is 0 Å². The number of imidazole rings is 1. The van der Waals surface area contributed by atoms with E-state index in [1.165, 1.54) is 0 Å². The van der Waals surface area contributed by atoms with Gasteiger partial charge in [0.05, 0.1) is 16.6 Å². The fraction of sp³-hybridized carbons (Fsp3) is 0.154. The number of nitrogens with zero attached hydrogens (tertiary/aromatic N) is 2. The zero-order valence-electron chi connectivity index (χ0n) is 17.2. The first-order valence-corrected chi connectivity index (χ1v) is 10.1. The lowest BCUT2D eigenvalue weighted by atomic mass is 10.1. The topological polar surface area (TPSA) is 44.1 Å². The van der Waals surface area contributed by atoms with Crippen molar-refractivity contribution in [1.29, 1.82) is 0 Å². The number of para-hydroxylation sites is 2. The number of hydrogen-bond donors (Lipinski definition) is 0. The molecule has 4 aromatic rings. The van der Waals surface area contributed by atoms with Gasteiger partial charge in [0.2, 0.25) is 0 Å². The fourth-order valence-electron chi connectivity index (χ4n) is 3.39. The van der Waals surface area contributed by atoms with Crippen LogP contribution < -0.4 is 0 Å². The first kappa shape index (κ1) is 19.6. The number of carbonyl (C=O) groups excluding carboxylic acids is 1. The molecule has 0 aliphatic heterocycles. The van der Waals surface area contributed by atoms with Gasteiger partial charge in [-0.25, -0.2) is 9.78 Å². The molecule has 1 heterocycles. The number of rotatable bonds is 6. The first-order valence-electron chi connectivity index (χ1n) is 10.1. The molecule has 0 spiro atoms. The minimum absolute atomic E-state index is 0.391. The number of hydrogen-bond acceptors (Lipinski definition) is 3. The Balaban J connectivity index is 1.80. The van der Waals surface area contributed by atoms with Gasteiger partial charge in [-0.3, -0.25) is 0 Å². The summed E-state index contributed by atoms with van der Waals surface area (Å²) < 4.78 is 8.03. The maximum atomic E-state index is 12.8. The highest BCUT2D eigenvalue weighted by atomic mass is 16.5. The molecule has 1 aromatic heterocycles. The Hall–Kier alpha value is -3.66. The molecule has 30 heavy (non-hydrogen) atoms. The number of fused-ring (bicyclic) bond motifs is 1. The molecular weight excluding hydrogens is 372 g/mol. The zero-order valence-corrected chi connectivity index (χ0v) is 17.2. The summed E-state index contributed by atoms with van der Waals surface area (Å²) >= 11 is 0.